The van der Waals surface area contributed by atoms with E-state index in [2.05, 4.69) is 12.2 Å². The van der Waals surface area contributed by atoms with Gasteiger partial charge in [-0.05, 0) is 31.9 Å². The van der Waals surface area contributed by atoms with Gasteiger partial charge in [0.05, 0.1) is 0 Å². The fraction of sp³-hybridized carbons (Fsp3) is 0.533. The number of ether oxygens (including phenoxy) is 1. The number of unbranched alkanes of at least 4 members (excludes halogenated alkanes) is 1. The molecule has 0 aliphatic carbocycles. The predicted molar refractivity (Wildman–Crippen MR) is 73.9 cm³/mol. The van der Waals surface area contributed by atoms with Crippen molar-refractivity contribution < 1.29 is 9.53 Å². The molecule has 0 saturated carbocycles. The van der Waals surface area contributed by atoms with Crippen LogP contribution in [0.4, 0.5) is 0 Å². The smallest absolute Gasteiger partial charge is 0.251 e. The van der Waals surface area contributed by atoms with Gasteiger partial charge in [0.1, 0.15) is 0 Å². The standard InChI is InChI=1S/C15H23NO2/c1-3-4-10-18-11-6-9-16-15(17)14-8-5-7-13(2)12-14/h5,7-8,12H,3-4,6,9-11H2,1-2H3,(H,16,17). The fourth-order valence-corrected chi connectivity index (χ4v) is 1.61. The molecule has 0 aliphatic heterocycles. The molecule has 100 valence electrons. The maximum absolute atomic E-state index is 11.8. The van der Waals surface area contributed by atoms with Crippen molar-refractivity contribution in [2.24, 2.45) is 0 Å². The van der Waals surface area contributed by atoms with Crippen LogP contribution in [0.5, 0.6) is 0 Å². The maximum Gasteiger partial charge on any atom is 0.251 e. The third kappa shape index (κ3) is 5.82. The molecule has 0 heterocycles. The molecule has 1 N–H and O–H groups in total. The monoisotopic (exact) mass is 249 g/mol. The first-order valence-corrected chi connectivity index (χ1v) is 6.66. The number of nitrogens with one attached hydrogen (secondary N) is 1. The molecular formula is C15H23NO2. The molecule has 3 heteroatoms. The Morgan fingerprint density at radius 3 is 2.78 bits per heavy atom. The van der Waals surface area contributed by atoms with Crippen LogP contribution in [-0.4, -0.2) is 25.7 Å². The van der Waals surface area contributed by atoms with Crippen molar-refractivity contribution in [2.75, 3.05) is 19.8 Å². The molecule has 0 spiro atoms. The van der Waals surface area contributed by atoms with Crippen LogP contribution in [0.3, 0.4) is 0 Å². The van der Waals surface area contributed by atoms with Gasteiger partial charge in [0.25, 0.3) is 5.91 Å². The molecule has 1 aromatic rings. The van der Waals surface area contributed by atoms with Gasteiger partial charge in [0.2, 0.25) is 0 Å². The van der Waals surface area contributed by atoms with Gasteiger partial charge in [0.15, 0.2) is 0 Å². The summed E-state index contributed by atoms with van der Waals surface area (Å²) in [7, 11) is 0. The van der Waals surface area contributed by atoms with Crippen LogP contribution >= 0.6 is 0 Å². The lowest BCUT2D eigenvalue weighted by atomic mass is 10.1. The van der Waals surface area contributed by atoms with Gasteiger partial charge < -0.3 is 10.1 Å². The van der Waals surface area contributed by atoms with Crippen molar-refractivity contribution in [3.63, 3.8) is 0 Å². The first-order valence-electron chi connectivity index (χ1n) is 6.66. The quantitative estimate of drug-likeness (QED) is 0.719. The number of carbonyl (C=O) groups excluding carboxylic acids is 1. The molecule has 0 fully saturated rings. The third-order valence-corrected chi connectivity index (χ3v) is 2.67. The van der Waals surface area contributed by atoms with Crippen LogP contribution in [0.2, 0.25) is 0 Å². The zero-order valence-corrected chi connectivity index (χ0v) is 11.4. The van der Waals surface area contributed by atoms with E-state index in [0.29, 0.717) is 13.2 Å². The molecule has 0 aromatic heterocycles. The highest BCUT2D eigenvalue weighted by Crippen LogP contribution is 2.03. The Morgan fingerprint density at radius 2 is 2.06 bits per heavy atom. The first-order chi connectivity index (χ1) is 8.74. The van der Waals surface area contributed by atoms with E-state index in [9.17, 15) is 4.79 Å². The minimum absolute atomic E-state index is 0.00717. The van der Waals surface area contributed by atoms with Crippen LogP contribution in [0.25, 0.3) is 0 Å². The van der Waals surface area contributed by atoms with Crippen LogP contribution in [0.1, 0.15) is 42.1 Å². The number of benzene rings is 1. The highest BCUT2D eigenvalue weighted by molar-refractivity contribution is 5.94. The molecule has 0 radical (unpaired) electrons. The minimum atomic E-state index is -0.00717. The van der Waals surface area contributed by atoms with E-state index in [4.69, 9.17) is 4.74 Å². The minimum Gasteiger partial charge on any atom is -0.381 e. The van der Waals surface area contributed by atoms with E-state index in [-0.39, 0.29) is 5.91 Å². The van der Waals surface area contributed by atoms with E-state index < -0.39 is 0 Å². The molecule has 3 nitrogen and oxygen atoms in total. The van der Waals surface area contributed by atoms with E-state index >= 15 is 0 Å². The second-order valence-electron chi connectivity index (χ2n) is 4.44. The Morgan fingerprint density at radius 1 is 1.28 bits per heavy atom. The molecule has 1 amide bonds. The molecule has 0 unspecified atom stereocenters. The normalized spacial score (nSPS) is 10.3. The molecule has 0 aliphatic rings. The summed E-state index contributed by atoms with van der Waals surface area (Å²) in [5.41, 5.74) is 1.83. The van der Waals surface area contributed by atoms with Crippen molar-refractivity contribution >= 4 is 5.91 Å². The predicted octanol–water partition coefficient (Wildman–Crippen LogP) is 2.93. The average molecular weight is 249 g/mol. The average Bonchev–Trinajstić information content (AvgIpc) is 2.37. The number of hydrogen-bond donors (Lipinski definition) is 1. The Kier molecular flexibility index (Phi) is 7.11. The summed E-state index contributed by atoms with van der Waals surface area (Å²) < 4.78 is 5.43. The highest BCUT2D eigenvalue weighted by Gasteiger charge is 2.03. The van der Waals surface area contributed by atoms with E-state index in [1.165, 1.54) is 0 Å². The molecule has 0 bridgehead atoms. The summed E-state index contributed by atoms with van der Waals surface area (Å²) >= 11 is 0. The summed E-state index contributed by atoms with van der Waals surface area (Å²) in [6.45, 7) is 6.33. The number of rotatable bonds is 8. The van der Waals surface area contributed by atoms with Crippen molar-refractivity contribution in [3.8, 4) is 0 Å². The molecule has 0 atom stereocenters. The Hall–Kier alpha value is -1.35. The zero-order chi connectivity index (χ0) is 13.2. The Labute approximate surface area is 110 Å². The molecular weight excluding hydrogens is 226 g/mol. The Bertz CT molecular complexity index is 363. The van der Waals surface area contributed by atoms with Gasteiger partial charge in [-0.3, -0.25) is 4.79 Å². The van der Waals surface area contributed by atoms with Gasteiger partial charge in [-0.1, -0.05) is 31.0 Å². The SMILES string of the molecule is CCCCOCCCNC(=O)c1cccc(C)c1. The zero-order valence-electron chi connectivity index (χ0n) is 11.4. The second kappa shape index (κ2) is 8.70. The van der Waals surface area contributed by atoms with E-state index in [1.807, 2.05) is 31.2 Å². The van der Waals surface area contributed by atoms with Crippen LogP contribution < -0.4 is 5.32 Å². The molecule has 0 saturated heterocycles. The van der Waals surface area contributed by atoms with Gasteiger partial charge in [-0.15, -0.1) is 0 Å². The number of carbonyl (C=O) groups is 1. The summed E-state index contributed by atoms with van der Waals surface area (Å²) in [6, 6.07) is 7.61. The summed E-state index contributed by atoms with van der Waals surface area (Å²) in [5.74, 6) is -0.00717. The lowest BCUT2D eigenvalue weighted by Gasteiger charge is -2.06. The first kappa shape index (κ1) is 14.7. The number of aryl methyl sites for hydroxylation is 1. The summed E-state index contributed by atoms with van der Waals surface area (Å²) in [5, 5.41) is 2.90. The van der Waals surface area contributed by atoms with Crippen molar-refractivity contribution in [1.29, 1.82) is 0 Å². The van der Waals surface area contributed by atoms with Crippen molar-refractivity contribution in [2.45, 2.75) is 33.1 Å². The highest BCUT2D eigenvalue weighted by atomic mass is 16.5. The second-order valence-corrected chi connectivity index (χ2v) is 4.44. The van der Waals surface area contributed by atoms with E-state index in [0.717, 1.165) is 37.0 Å². The number of amides is 1. The number of hydrogen-bond acceptors (Lipinski definition) is 2. The van der Waals surface area contributed by atoms with Crippen molar-refractivity contribution in [3.05, 3.63) is 35.4 Å². The lowest BCUT2D eigenvalue weighted by molar-refractivity contribution is 0.0940. The van der Waals surface area contributed by atoms with Gasteiger partial charge in [-0.25, -0.2) is 0 Å². The molecule has 1 rings (SSSR count). The Balaban J connectivity index is 2.14. The molecule has 1 aromatic carbocycles. The fourth-order valence-electron chi connectivity index (χ4n) is 1.61. The maximum atomic E-state index is 11.8. The molecule has 18 heavy (non-hydrogen) atoms. The van der Waals surface area contributed by atoms with Crippen LogP contribution in [-0.2, 0) is 4.74 Å². The lowest BCUT2D eigenvalue weighted by Crippen LogP contribution is -2.25. The van der Waals surface area contributed by atoms with E-state index in [1.54, 1.807) is 0 Å². The third-order valence-electron chi connectivity index (χ3n) is 2.67. The van der Waals surface area contributed by atoms with Crippen molar-refractivity contribution in [1.82, 2.24) is 5.32 Å². The van der Waals surface area contributed by atoms with Gasteiger partial charge in [0, 0.05) is 25.3 Å². The summed E-state index contributed by atoms with van der Waals surface area (Å²) in [4.78, 5) is 11.8. The topological polar surface area (TPSA) is 38.3 Å². The summed E-state index contributed by atoms with van der Waals surface area (Å²) in [6.07, 6.45) is 3.13. The largest absolute Gasteiger partial charge is 0.381 e. The van der Waals surface area contributed by atoms with Gasteiger partial charge >= 0.3 is 0 Å². The van der Waals surface area contributed by atoms with Crippen LogP contribution in [0, 0.1) is 6.92 Å². The van der Waals surface area contributed by atoms with Gasteiger partial charge in [-0.2, -0.15) is 0 Å². The van der Waals surface area contributed by atoms with Crippen LogP contribution in [0.15, 0.2) is 24.3 Å².